The van der Waals surface area contributed by atoms with Crippen LogP contribution in [0.3, 0.4) is 0 Å². The van der Waals surface area contributed by atoms with Crippen molar-refractivity contribution >= 4 is 5.97 Å². The van der Waals surface area contributed by atoms with Gasteiger partial charge in [-0.3, -0.25) is 4.79 Å². The Morgan fingerprint density at radius 3 is 2.50 bits per heavy atom. The van der Waals surface area contributed by atoms with Crippen molar-refractivity contribution in [3.63, 3.8) is 0 Å². The summed E-state index contributed by atoms with van der Waals surface area (Å²) in [5, 5.41) is 0. The summed E-state index contributed by atoms with van der Waals surface area (Å²) >= 11 is 0. The second kappa shape index (κ2) is 10.1. The molecule has 0 aliphatic carbocycles. The number of hydrogen-bond donors (Lipinski definition) is 1. The van der Waals surface area contributed by atoms with Crippen LogP contribution in [0.15, 0.2) is 0 Å². The summed E-state index contributed by atoms with van der Waals surface area (Å²) in [7, 11) is 0. The molecule has 0 saturated heterocycles. The monoisotopic (exact) mass is 170 g/mol. The molecule has 0 fully saturated rings. The van der Waals surface area contributed by atoms with E-state index in [1.165, 1.54) is 0 Å². The fourth-order valence-corrected chi connectivity index (χ4v) is 0.578. The molecule has 4 heteroatoms. The van der Waals surface area contributed by atoms with Crippen LogP contribution in [0.25, 0.3) is 0 Å². The molecular weight excluding hydrogens is 157 g/mol. The largest absolute Gasteiger partial charge is 1.00 e. The number of hydrogen-bond acceptors (Lipinski definition) is 3. The number of rotatable bonds is 4. The van der Waals surface area contributed by atoms with Crippen LogP contribution in [0.5, 0.6) is 0 Å². The van der Waals surface area contributed by atoms with Crippen LogP contribution < -0.4 is 57.3 Å². The Bertz CT molecular complexity index is 87.8. The molecule has 54 valence electrons. The first-order valence-electron chi connectivity index (χ1n) is 3.20. The molecule has 0 bridgehead atoms. The predicted molar refractivity (Wildman–Crippen MR) is 34.4 cm³/mol. The molecule has 3 nitrogen and oxygen atoms in total. The maximum absolute atomic E-state index is 10.3. The molecule has 2 N–H and O–H groups in total. The van der Waals surface area contributed by atoms with Crippen LogP contribution in [0, 0.1) is 0 Å². The summed E-state index contributed by atoms with van der Waals surface area (Å²) < 4.78 is 0. The van der Waals surface area contributed by atoms with E-state index in [-0.39, 0.29) is 57.4 Å². The Kier molecular flexibility index (Phi) is 13.7. The van der Waals surface area contributed by atoms with Gasteiger partial charge < -0.3 is 4.84 Å². The first-order chi connectivity index (χ1) is 4.31. The summed E-state index contributed by atoms with van der Waals surface area (Å²) in [6.07, 6.45) is 3.50. The summed E-state index contributed by atoms with van der Waals surface area (Å²) in [6, 6.07) is 0. The van der Waals surface area contributed by atoms with Gasteiger partial charge in [0, 0.05) is 6.42 Å². The first kappa shape index (κ1) is 13.6. The molecule has 0 atom stereocenters. The second-order valence-electron chi connectivity index (χ2n) is 1.95. The number of carbonyl (C=O) groups is 1. The molecule has 0 rings (SSSR count). The van der Waals surface area contributed by atoms with Crippen molar-refractivity contribution in [2.24, 2.45) is 5.90 Å². The third-order valence-electron chi connectivity index (χ3n) is 1.12. The van der Waals surface area contributed by atoms with E-state index in [0.717, 1.165) is 19.3 Å². The van der Waals surface area contributed by atoms with Crippen molar-refractivity contribution in [3.8, 4) is 0 Å². The van der Waals surface area contributed by atoms with E-state index in [4.69, 9.17) is 0 Å². The van der Waals surface area contributed by atoms with Gasteiger partial charge in [0.1, 0.15) is 0 Å². The fourth-order valence-electron chi connectivity index (χ4n) is 0.578. The summed E-state index contributed by atoms with van der Waals surface area (Å²) in [5.74, 6) is 4.29. The van der Waals surface area contributed by atoms with Gasteiger partial charge >= 0.3 is 57.4 Å². The SMILES string of the molecule is CCCCCC(=O)ON.[K+]. The van der Waals surface area contributed by atoms with Crippen LogP contribution in [0.2, 0.25) is 0 Å². The van der Waals surface area contributed by atoms with Gasteiger partial charge in [0.2, 0.25) is 0 Å². The smallest absolute Gasteiger partial charge is 0.373 e. The van der Waals surface area contributed by atoms with Gasteiger partial charge in [-0.2, -0.15) is 5.90 Å². The van der Waals surface area contributed by atoms with E-state index < -0.39 is 0 Å². The Balaban J connectivity index is 0. The van der Waals surface area contributed by atoms with E-state index in [0.29, 0.717) is 6.42 Å². The van der Waals surface area contributed by atoms with Crippen molar-refractivity contribution in [1.29, 1.82) is 0 Å². The average molecular weight is 170 g/mol. The third kappa shape index (κ3) is 9.07. The first-order valence-corrected chi connectivity index (χ1v) is 3.20. The second-order valence-corrected chi connectivity index (χ2v) is 1.95. The van der Waals surface area contributed by atoms with Gasteiger partial charge in [0.15, 0.2) is 0 Å². The Hall–Kier alpha value is 1.07. The molecule has 0 aliphatic rings. The number of carbonyl (C=O) groups excluding carboxylic acids is 1. The summed E-state index contributed by atoms with van der Waals surface area (Å²) in [5.41, 5.74) is 0. The summed E-state index contributed by atoms with van der Waals surface area (Å²) in [4.78, 5) is 14.3. The number of nitrogens with two attached hydrogens (primary N) is 1. The zero-order valence-electron chi connectivity index (χ0n) is 6.72. The molecule has 0 heterocycles. The van der Waals surface area contributed by atoms with Crippen LogP contribution in [-0.4, -0.2) is 5.97 Å². The standard InChI is InChI=1S/C6H13NO2.K/c1-2-3-4-5-6(8)9-7;/h2-5,7H2,1H3;/q;+1. The van der Waals surface area contributed by atoms with E-state index >= 15 is 0 Å². The maximum atomic E-state index is 10.3. The molecule has 10 heavy (non-hydrogen) atoms. The van der Waals surface area contributed by atoms with E-state index in [9.17, 15) is 4.79 Å². The van der Waals surface area contributed by atoms with Gasteiger partial charge in [0.05, 0.1) is 0 Å². The quantitative estimate of drug-likeness (QED) is 0.301. The van der Waals surface area contributed by atoms with E-state index in [1.807, 2.05) is 0 Å². The molecule has 0 radical (unpaired) electrons. The zero-order chi connectivity index (χ0) is 7.11. The average Bonchev–Trinajstić information content (AvgIpc) is 1.89. The molecule has 0 aromatic carbocycles. The minimum atomic E-state index is -0.316. The molecule has 0 unspecified atom stereocenters. The minimum absolute atomic E-state index is 0. The van der Waals surface area contributed by atoms with Gasteiger partial charge in [-0.1, -0.05) is 19.8 Å². The van der Waals surface area contributed by atoms with Crippen LogP contribution in [-0.2, 0) is 9.63 Å². The van der Waals surface area contributed by atoms with Crippen molar-refractivity contribution in [3.05, 3.63) is 0 Å². The van der Waals surface area contributed by atoms with Crippen LogP contribution in [0.1, 0.15) is 32.6 Å². The van der Waals surface area contributed by atoms with Gasteiger partial charge in [-0.15, -0.1) is 0 Å². The molecule has 0 aromatic rings. The molecule has 0 aliphatic heterocycles. The van der Waals surface area contributed by atoms with Gasteiger partial charge in [0.25, 0.3) is 0 Å². The van der Waals surface area contributed by atoms with Gasteiger partial charge in [-0.25, -0.2) is 0 Å². The Labute approximate surface area is 104 Å². The van der Waals surface area contributed by atoms with Crippen LogP contribution in [0.4, 0.5) is 0 Å². The zero-order valence-corrected chi connectivity index (χ0v) is 9.85. The Morgan fingerprint density at radius 1 is 1.50 bits per heavy atom. The summed E-state index contributed by atoms with van der Waals surface area (Å²) in [6.45, 7) is 2.08. The normalized spacial score (nSPS) is 8.20. The minimum Gasteiger partial charge on any atom is -0.373 e. The van der Waals surface area contributed by atoms with Crippen molar-refractivity contribution in [2.45, 2.75) is 32.6 Å². The molecule has 0 spiro atoms. The molecular formula is C6H13KNO2+. The van der Waals surface area contributed by atoms with Crippen molar-refractivity contribution in [1.82, 2.24) is 0 Å². The predicted octanol–water partition coefficient (Wildman–Crippen LogP) is -2.01. The van der Waals surface area contributed by atoms with Crippen LogP contribution >= 0.6 is 0 Å². The molecule has 0 saturated carbocycles. The third-order valence-corrected chi connectivity index (χ3v) is 1.12. The van der Waals surface area contributed by atoms with E-state index in [2.05, 4.69) is 17.7 Å². The Morgan fingerprint density at radius 2 is 2.10 bits per heavy atom. The number of unbranched alkanes of at least 4 members (excludes halogenated alkanes) is 2. The fraction of sp³-hybridized carbons (Fsp3) is 0.833. The molecule has 0 amide bonds. The van der Waals surface area contributed by atoms with Crippen molar-refractivity contribution < 1.29 is 61.0 Å². The van der Waals surface area contributed by atoms with Crippen molar-refractivity contribution in [2.75, 3.05) is 0 Å². The van der Waals surface area contributed by atoms with E-state index in [1.54, 1.807) is 0 Å². The maximum Gasteiger partial charge on any atom is 1.00 e. The molecule has 0 aromatic heterocycles. The van der Waals surface area contributed by atoms with Gasteiger partial charge in [-0.05, 0) is 6.42 Å². The topological polar surface area (TPSA) is 52.3 Å².